The van der Waals surface area contributed by atoms with Crippen LogP contribution in [0.3, 0.4) is 0 Å². The SMILES string of the molecule is CC[n+]1c(C=CC2=C3OC(c4ccccc4)=CC(c4ccccc4)=C3CC2)sc2ccccc21.[O-][Cl+3]([O-])([O-])[O-]. The van der Waals surface area contributed by atoms with Gasteiger partial charge < -0.3 is 4.74 Å². The van der Waals surface area contributed by atoms with E-state index in [9.17, 15) is 0 Å². The molecule has 0 saturated heterocycles. The zero-order chi connectivity index (χ0) is 27.4. The molecule has 0 spiro atoms. The Hall–Kier alpha value is -3.56. The van der Waals surface area contributed by atoms with Gasteiger partial charge in [-0.15, -0.1) is 10.2 Å². The highest BCUT2D eigenvalue weighted by molar-refractivity contribution is 7.18. The highest BCUT2D eigenvalue weighted by Crippen LogP contribution is 2.45. The number of allylic oxidation sites excluding steroid dienone is 5. The summed E-state index contributed by atoms with van der Waals surface area (Å²) in [4.78, 5) is 0. The summed E-state index contributed by atoms with van der Waals surface area (Å²) in [5.41, 5.74) is 7.50. The number of ether oxygens (including phenoxy) is 1. The minimum Gasteiger partial charge on any atom is -0.456 e. The molecule has 198 valence electrons. The average Bonchev–Trinajstić information content (AvgIpc) is 3.52. The maximum Gasteiger partial charge on any atom is 0.262 e. The molecule has 3 aromatic carbocycles. The van der Waals surface area contributed by atoms with Gasteiger partial charge >= 0.3 is 0 Å². The lowest BCUT2D eigenvalue weighted by atomic mass is 9.95. The molecule has 6 rings (SSSR count). The zero-order valence-electron chi connectivity index (χ0n) is 21.2. The van der Waals surface area contributed by atoms with E-state index in [2.05, 4.69) is 109 Å². The largest absolute Gasteiger partial charge is 0.456 e. The number of hydrogen-bond donors (Lipinski definition) is 0. The van der Waals surface area contributed by atoms with Crippen molar-refractivity contribution in [2.24, 2.45) is 0 Å². The van der Waals surface area contributed by atoms with Crippen LogP contribution in [0.15, 0.2) is 114 Å². The number of fused-ring (bicyclic) bond motifs is 2. The summed E-state index contributed by atoms with van der Waals surface area (Å²) in [5.74, 6) is 1.94. The Morgan fingerprint density at radius 3 is 2.10 bits per heavy atom. The Balaban J connectivity index is 0.000000567. The lowest BCUT2D eigenvalue weighted by Crippen LogP contribution is -2.68. The summed E-state index contributed by atoms with van der Waals surface area (Å²) in [6.07, 6.45) is 8.75. The number of thiazole rings is 1. The molecule has 1 aromatic heterocycles. The van der Waals surface area contributed by atoms with E-state index >= 15 is 0 Å². The van der Waals surface area contributed by atoms with Crippen molar-refractivity contribution in [2.45, 2.75) is 26.3 Å². The van der Waals surface area contributed by atoms with Crippen LogP contribution in [0, 0.1) is 10.2 Å². The van der Waals surface area contributed by atoms with Crippen molar-refractivity contribution < 1.29 is 38.2 Å². The van der Waals surface area contributed by atoms with Crippen LogP contribution in [0.4, 0.5) is 0 Å². The Kier molecular flexibility index (Phi) is 8.09. The maximum atomic E-state index is 8.49. The molecule has 4 aromatic rings. The molecule has 39 heavy (non-hydrogen) atoms. The van der Waals surface area contributed by atoms with Gasteiger partial charge in [0.2, 0.25) is 5.52 Å². The second-order valence-electron chi connectivity index (χ2n) is 8.95. The van der Waals surface area contributed by atoms with Gasteiger partial charge in [0.05, 0.1) is 0 Å². The van der Waals surface area contributed by atoms with E-state index in [0.29, 0.717) is 0 Å². The van der Waals surface area contributed by atoms with Gasteiger partial charge in [0.25, 0.3) is 5.01 Å². The van der Waals surface area contributed by atoms with Crippen molar-refractivity contribution in [3.8, 4) is 0 Å². The summed E-state index contributed by atoms with van der Waals surface area (Å²) in [5, 5.41) is 1.27. The van der Waals surface area contributed by atoms with Crippen molar-refractivity contribution in [1.82, 2.24) is 0 Å². The predicted molar refractivity (Wildman–Crippen MR) is 142 cm³/mol. The number of para-hydroxylation sites is 1. The van der Waals surface area contributed by atoms with Crippen LogP contribution in [-0.4, -0.2) is 0 Å². The van der Waals surface area contributed by atoms with Crippen LogP contribution < -0.4 is 23.2 Å². The monoisotopic (exact) mass is 559 g/mol. The smallest absolute Gasteiger partial charge is 0.262 e. The number of hydrogen-bond acceptors (Lipinski definition) is 6. The summed E-state index contributed by atoms with van der Waals surface area (Å²) in [7, 11) is -4.94. The first kappa shape index (κ1) is 27.0. The molecule has 1 aliphatic carbocycles. The number of aryl methyl sites for hydroxylation is 1. The molecule has 6 nitrogen and oxygen atoms in total. The van der Waals surface area contributed by atoms with E-state index < -0.39 is 10.2 Å². The van der Waals surface area contributed by atoms with E-state index in [1.54, 1.807) is 0 Å². The van der Waals surface area contributed by atoms with E-state index in [4.69, 9.17) is 23.4 Å². The van der Waals surface area contributed by atoms with Crippen LogP contribution in [0.25, 0.3) is 27.6 Å². The second-order valence-corrected chi connectivity index (χ2v) is 10.8. The van der Waals surface area contributed by atoms with Crippen molar-refractivity contribution in [3.05, 3.63) is 130 Å². The molecule has 2 aliphatic rings. The molecule has 0 atom stereocenters. The minimum atomic E-state index is -4.94. The Morgan fingerprint density at radius 1 is 0.821 bits per heavy atom. The molecule has 0 saturated carbocycles. The lowest BCUT2D eigenvalue weighted by molar-refractivity contribution is -2.00. The summed E-state index contributed by atoms with van der Waals surface area (Å²) in [6, 6.07) is 29.7. The van der Waals surface area contributed by atoms with Gasteiger partial charge in [-0.1, -0.05) is 84.1 Å². The van der Waals surface area contributed by atoms with Crippen molar-refractivity contribution in [3.63, 3.8) is 0 Å². The molecule has 0 fully saturated rings. The fraction of sp³-hybridized carbons (Fsp3) is 0.129. The minimum absolute atomic E-state index is 0.913. The number of aromatic nitrogens is 1. The molecule has 0 unspecified atom stereocenters. The topological polar surface area (TPSA) is 105 Å². The van der Waals surface area contributed by atoms with Crippen LogP contribution in [0.2, 0.25) is 0 Å². The quantitative estimate of drug-likeness (QED) is 0.349. The molecule has 0 amide bonds. The fourth-order valence-electron chi connectivity index (χ4n) is 4.88. The highest BCUT2D eigenvalue weighted by atomic mass is 35.7. The first-order chi connectivity index (χ1) is 18.8. The Bertz CT molecular complexity index is 1590. The molecule has 1 aliphatic heterocycles. The summed E-state index contributed by atoms with van der Waals surface area (Å²) < 4.78 is 44.3. The van der Waals surface area contributed by atoms with Crippen LogP contribution in [0.5, 0.6) is 0 Å². The van der Waals surface area contributed by atoms with Gasteiger partial charge in [-0.05, 0) is 54.7 Å². The number of nitrogens with zero attached hydrogens (tertiary/aromatic N) is 1. The number of rotatable bonds is 5. The zero-order valence-corrected chi connectivity index (χ0v) is 22.8. The second kappa shape index (κ2) is 11.7. The lowest BCUT2D eigenvalue weighted by Gasteiger charge is -2.22. The first-order valence-corrected chi connectivity index (χ1v) is 14.5. The third-order valence-corrected chi connectivity index (χ3v) is 7.68. The first-order valence-electron chi connectivity index (χ1n) is 12.5. The van der Waals surface area contributed by atoms with Gasteiger partial charge in [0.1, 0.15) is 22.8 Å². The summed E-state index contributed by atoms with van der Waals surface area (Å²) in [6.45, 7) is 3.17. The van der Waals surface area contributed by atoms with Crippen LogP contribution in [-0.2, 0) is 11.3 Å². The molecule has 2 heterocycles. The number of halogens is 1. The van der Waals surface area contributed by atoms with Gasteiger partial charge in [0.15, 0.2) is 0 Å². The summed E-state index contributed by atoms with van der Waals surface area (Å²) >= 11 is 1.85. The van der Waals surface area contributed by atoms with E-state index in [1.165, 1.54) is 37.5 Å². The molecular weight excluding hydrogens is 534 g/mol. The molecule has 0 radical (unpaired) electrons. The fourth-order valence-corrected chi connectivity index (χ4v) is 6.00. The Morgan fingerprint density at radius 2 is 1.44 bits per heavy atom. The molecule has 0 bridgehead atoms. The Labute approximate surface area is 233 Å². The van der Waals surface area contributed by atoms with Crippen molar-refractivity contribution in [2.75, 3.05) is 0 Å². The van der Waals surface area contributed by atoms with Gasteiger partial charge in [-0.3, -0.25) is 0 Å². The standard InChI is InChI=1S/C31H26NOS.ClHO4/c1-2-32-27-15-9-10-16-29(27)34-30(32)20-18-24-17-19-25-26(22-11-5-3-6-12-22)21-28(33-31(24)25)23-13-7-4-8-14-23;2-1(3,4)5/h3-16,18,20-21H,2,17,19H2,1H3;(H,2,3,4,5)/q+1;/p-1. The van der Waals surface area contributed by atoms with E-state index in [0.717, 1.165) is 36.5 Å². The normalized spacial score (nSPS) is 15.3. The number of benzene rings is 3. The van der Waals surface area contributed by atoms with E-state index in [-0.39, 0.29) is 0 Å². The van der Waals surface area contributed by atoms with Crippen LogP contribution in [0.1, 0.15) is 35.9 Å². The molecule has 0 N–H and O–H groups in total. The predicted octanol–water partition coefficient (Wildman–Crippen LogP) is 3.04. The van der Waals surface area contributed by atoms with E-state index in [1.807, 2.05) is 17.4 Å². The molecular formula is C31H26ClNO5S. The third kappa shape index (κ3) is 6.37. The highest BCUT2D eigenvalue weighted by Gasteiger charge is 2.29. The average molecular weight is 560 g/mol. The third-order valence-electron chi connectivity index (χ3n) is 6.55. The van der Waals surface area contributed by atoms with Gasteiger partial charge in [0, 0.05) is 23.3 Å². The van der Waals surface area contributed by atoms with Crippen molar-refractivity contribution >= 4 is 39.0 Å². The van der Waals surface area contributed by atoms with Gasteiger partial charge in [-0.25, -0.2) is 18.6 Å². The molecule has 8 heteroatoms. The van der Waals surface area contributed by atoms with Gasteiger partial charge in [-0.2, -0.15) is 4.57 Å². The van der Waals surface area contributed by atoms with Crippen LogP contribution >= 0.6 is 11.3 Å². The maximum absolute atomic E-state index is 8.49. The van der Waals surface area contributed by atoms with Crippen molar-refractivity contribution in [1.29, 1.82) is 0 Å².